The van der Waals surface area contributed by atoms with Gasteiger partial charge in [0.25, 0.3) is 0 Å². The number of methoxy groups -OCH3 is 1. The highest BCUT2D eigenvalue weighted by Gasteiger charge is 2.29. The van der Waals surface area contributed by atoms with Crippen molar-refractivity contribution < 1.29 is 23.8 Å². The van der Waals surface area contributed by atoms with E-state index in [0.29, 0.717) is 59.1 Å². The van der Waals surface area contributed by atoms with Crippen LogP contribution < -0.4 is 9.64 Å². The smallest absolute Gasteiger partial charge is 0.410 e. The van der Waals surface area contributed by atoms with E-state index < -0.39 is 11.6 Å². The lowest BCUT2D eigenvalue weighted by molar-refractivity contribution is 0.0240. The predicted octanol–water partition coefficient (Wildman–Crippen LogP) is 4.84. The van der Waals surface area contributed by atoms with E-state index in [-0.39, 0.29) is 6.09 Å². The van der Waals surface area contributed by atoms with Crippen LogP contribution in [0, 0.1) is 0 Å². The number of amides is 1. The summed E-state index contributed by atoms with van der Waals surface area (Å²) in [6.45, 7) is 7.71. The zero-order valence-electron chi connectivity index (χ0n) is 20.2. The summed E-state index contributed by atoms with van der Waals surface area (Å²) in [6, 6.07) is 12.9. The van der Waals surface area contributed by atoms with E-state index in [9.17, 15) is 9.59 Å². The van der Waals surface area contributed by atoms with E-state index in [0.717, 1.165) is 0 Å². The van der Waals surface area contributed by atoms with E-state index in [2.05, 4.69) is 9.88 Å². The Morgan fingerprint density at radius 2 is 1.71 bits per heavy atom. The van der Waals surface area contributed by atoms with Crippen LogP contribution in [0.1, 0.15) is 30.4 Å². The summed E-state index contributed by atoms with van der Waals surface area (Å²) >= 11 is 1.27. The molecule has 1 aliphatic rings. The molecule has 0 bridgehead atoms. The summed E-state index contributed by atoms with van der Waals surface area (Å²) in [7, 11) is 1.35. The number of piperazine rings is 1. The minimum Gasteiger partial charge on any atom is -0.465 e. The third kappa shape index (κ3) is 6.07. The van der Waals surface area contributed by atoms with Crippen LogP contribution in [0.4, 0.5) is 9.93 Å². The molecule has 0 aliphatic carbocycles. The maximum atomic E-state index is 12.5. The second-order valence-electron chi connectivity index (χ2n) is 8.92. The molecule has 9 nitrogen and oxygen atoms in total. The van der Waals surface area contributed by atoms with Crippen LogP contribution in [0.3, 0.4) is 0 Å². The Kier molecular flexibility index (Phi) is 7.20. The van der Waals surface area contributed by atoms with Gasteiger partial charge in [-0.1, -0.05) is 29.5 Å². The zero-order chi connectivity index (χ0) is 25.0. The summed E-state index contributed by atoms with van der Waals surface area (Å²) < 4.78 is 16.2. The lowest BCUT2D eigenvalue weighted by Crippen LogP contribution is -2.50. The second kappa shape index (κ2) is 10.3. The lowest BCUT2D eigenvalue weighted by atomic mass is 10.2. The fourth-order valence-electron chi connectivity index (χ4n) is 3.47. The third-order valence-corrected chi connectivity index (χ3v) is 6.26. The first-order valence-corrected chi connectivity index (χ1v) is 12.1. The fourth-order valence-corrected chi connectivity index (χ4v) is 4.53. The SMILES string of the molecule is COC(=O)c1sc(N2CCN(C(=O)OC(C)(C)C)CC2)nc1-c1ccc(Oc2ccccc2)nc1. The Balaban J connectivity index is 1.50. The summed E-state index contributed by atoms with van der Waals surface area (Å²) in [4.78, 5) is 38.1. The maximum Gasteiger partial charge on any atom is 0.410 e. The third-order valence-electron chi connectivity index (χ3n) is 5.16. The molecule has 2 aromatic heterocycles. The lowest BCUT2D eigenvalue weighted by Gasteiger charge is -2.35. The molecule has 4 rings (SSSR count). The molecule has 3 heterocycles. The molecule has 0 atom stereocenters. The molecule has 1 fully saturated rings. The van der Waals surface area contributed by atoms with E-state index in [1.54, 1.807) is 17.2 Å². The van der Waals surface area contributed by atoms with E-state index in [4.69, 9.17) is 19.2 Å². The van der Waals surface area contributed by atoms with Crippen LogP contribution in [0.2, 0.25) is 0 Å². The van der Waals surface area contributed by atoms with Crippen LogP contribution in [0.25, 0.3) is 11.3 Å². The van der Waals surface area contributed by atoms with Gasteiger partial charge in [-0.15, -0.1) is 0 Å². The van der Waals surface area contributed by atoms with Crippen molar-refractivity contribution in [3.63, 3.8) is 0 Å². The molecule has 1 amide bonds. The standard InChI is InChI=1S/C25H28N4O5S/c1-25(2,3)34-24(31)29-14-12-28(13-15-29)23-27-20(21(35-23)22(30)32-4)17-10-11-19(26-16-17)33-18-8-6-5-7-9-18/h5-11,16H,12-15H2,1-4H3. The number of pyridine rings is 1. The van der Waals surface area contributed by atoms with Crippen LogP contribution >= 0.6 is 11.3 Å². The number of carbonyl (C=O) groups is 2. The van der Waals surface area contributed by atoms with Crippen molar-refractivity contribution in [1.29, 1.82) is 0 Å². The monoisotopic (exact) mass is 496 g/mol. The average molecular weight is 497 g/mol. The number of nitrogens with zero attached hydrogens (tertiary/aromatic N) is 4. The normalized spacial score (nSPS) is 13.9. The molecule has 0 spiro atoms. The minimum absolute atomic E-state index is 0.323. The number of hydrogen-bond donors (Lipinski definition) is 0. The molecule has 1 aliphatic heterocycles. The molecule has 0 unspecified atom stereocenters. The Hall–Kier alpha value is -3.66. The van der Waals surface area contributed by atoms with Gasteiger partial charge in [-0.2, -0.15) is 0 Å². The van der Waals surface area contributed by atoms with Gasteiger partial charge in [0.15, 0.2) is 5.13 Å². The van der Waals surface area contributed by atoms with Crippen molar-refractivity contribution in [2.24, 2.45) is 0 Å². The van der Waals surface area contributed by atoms with Crippen molar-refractivity contribution >= 4 is 28.5 Å². The number of anilines is 1. The van der Waals surface area contributed by atoms with Gasteiger partial charge in [-0.3, -0.25) is 0 Å². The Morgan fingerprint density at radius 1 is 1.00 bits per heavy atom. The van der Waals surface area contributed by atoms with Gasteiger partial charge in [0, 0.05) is 44.0 Å². The van der Waals surface area contributed by atoms with Gasteiger partial charge in [0.05, 0.1) is 12.8 Å². The number of esters is 1. The summed E-state index contributed by atoms with van der Waals surface area (Å²) in [5.41, 5.74) is 0.648. The van der Waals surface area contributed by atoms with Gasteiger partial charge >= 0.3 is 12.1 Å². The molecule has 1 saturated heterocycles. The van der Waals surface area contributed by atoms with Crippen molar-refractivity contribution in [2.45, 2.75) is 26.4 Å². The van der Waals surface area contributed by atoms with Gasteiger partial charge in [0.1, 0.15) is 16.2 Å². The number of hydrogen-bond acceptors (Lipinski definition) is 9. The minimum atomic E-state index is -0.538. The van der Waals surface area contributed by atoms with Crippen molar-refractivity contribution in [1.82, 2.24) is 14.9 Å². The Bertz CT molecular complexity index is 1170. The van der Waals surface area contributed by atoms with Gasteiger partial charge in [-0.25, -0.2) is 19.6 Å². The van der Waals surface area contributed by atoms with Gasteiger partial charge < -0.3 is 24.0 Å². The quantitative estimate of drug-likeness (QED) is 0.463. The topological polar surface area (TPSA) is 94.1 Å². The van der Waals surface area contributed by atoms with E-state index in [1.807, 2.05) is 57.2 Å². The molecule has 10 heteroatoms. The fraction of sp³-hybridized carbons (Fsp3) is 0.360. The molecular weight excluding hydrogens is 468 g/mol. The number of aromatic nitrogens is 2. The van der Waals surface area contributed by atoms with Crippen molar-refractivity contribution in [3.8, 4) is 22.9 Å². The molecule has 0 N–H and O–H groups in total. The highest BCUT2D eigenvalue weighted by atomic mass is 32.1. The summed E-state index contributed by atoms with van der Waals surface area (Å²) in [5.74, 6) is 0.665. The first-order valence-electron chi connectivity index (χ1n) is 11.2. The summed E-state index contributed by atoms with van der Waals surface area (Å²) in [6.07, 6.45) is 1.31. The second-order valence-corrected chi connectivity index (χ2v) is 9.90. The first kappa shape index (κ1) is 24.5. The number of thiazole rings is 1. The molecule has 0 saturated carbocycles. The highest BCUT2D eigenvalue weighted by molar-refractivity contribution is 7.17. The molecule has 35 heavy (non-hydrogen) atoms. The van der Waals surface area contributed by atoms with E-state index in [1.165, 1.54) is 18.4 Å². The molecule has 3 aromatic rings. The average Bonchev–Trinajstić information content (AvgIpc) is 3.29. The first-order chi connectivity index (χ1) is 16.7. The molecule has 1 aromatic carbocycles. The van der Waals surface area contributed by atoms with Crippen molar-refractivity contribution in [3.05, 3.63) is 53.5 Å². The van der Waals surface area contributed by atoms with Gasteiger partial charge in [-0.05, 0) is 39.0 Å². The predicted molar refractivity (Wildman–Crippen MR) is 133 cm³/mol. The van der Waals surface area contributed by atoms with Crippen LogP contribution in [0.15, 0.2) is 48.7 Å². The highest BCUT2D eigenvalue weighted by Crippen LogP contribution is 2.34. The van der Waals surface area contributed by atoms with E-state index >= 15 is 0 Å². The Labute approximate surface area is 208 Å². The van der Waals surface area contributed by atoms with Crippen molar-refractivity contribution in [2.75, 3.05) is 38.2 Å². The maximum absolute atomic E-state index is 12.5. The molecule has 184 valence electrons. The number of ether oxygens (including phenoxy) is 3. The largest absolute Gasteiger partial charge is 0.465 e. The van der Waals surface area contributed by atoms with Crippen LogP contribution in [-0.2, 0) is 9.47 Å². The zero-order valence-corrected chi connectivity index (χ0v) is 21.0. The van der Waals surface area contributed by atoms with Crippen LogP contribution in [-0.4, -0.2) is 65.8 Å². The Morgan fingerprint density at radius 3 is 2.31 bits per heavy atom. The van der Waals surface area contributed by atoms with Crippen LogP contribution in [0.5, 0.6) is 11.6 Å². The number of carbonyl (C=O) groups excluding carboxylic acids is 2. The summed E-state index contributed by atoms with van der Waals surface area (Å²) in [5, 5.41) is 0.689. The number of rotatable bonds is 5. The number of benzene rings is 1. The molecular formula is C25H28N4O5S. The molecule has 0 radical (unpaired) electrons. The van der Waals surface area contributed by atoms with Gasteiger partial charge in [0.2, 0.25) is 5.88 Å². The number of para-hydroxylation sites is 1.